The molecule has 0 aromatic heterocycles. The highest BCUT2D eigenvalue weighted by Crippen LogP contribution is 2.48. The Balaban J connectivity index is 1.41. The molecule has 0 unspecified atom stereocenters. The highest BCUT2D eigenvalue weighted by molar-refractivity contribution is 6.02. The number of fused-ring (bicyclic) bond motifs is 1. The normalized spacial score (nSPS) is 18.5. The van der Waals surface area contributed by atoms with Crippen LogP contribution < -0.4 is 14.2 Å². The maximum Gasteiger partial charge on any atom is 0.306 e. The summed E-state index contributed by atoms with van der Waals surface area (Å²) in [5.41, 5.74) is 3.04. The fourth-order valence-corrected chi connectivity index (χ4v) is 5.35. The van der Waals surface area contributed by atoms with E-state index < -0.39 is 5.60 Å². The van der Waals surface area contributed by atoms with Crippen molar-refractivity contribution in [2.45, 2.75) is 63.4 Å². The Bertz CT molecular complexity index is 1090. The number of hydrogen-bond acceptors (Lipinski definition) is 6. The zero-order valence-electron chi connectivity index (χ0n) is 20.0. The maximum absolute atomic E-state index is 12.6. The highest BCUT2D eigenvalue weighted by Gasteiger charge is 2.48. The molecule has 2 fully saturated rings. The van der Waals surface area contributed by atoms with Gasteiger partial charge in [-0.2, -0.15) is 0 Å². The van der Waals surface area contributed by atoms with Gasteiger partial charge in [-0.15, -0.1) is 0 Å². The number of ether oxygens (including phenoxy) is 4. The quantitative estimate of drug-likeness (QED) is 0.454. The van der Waals surface area contributed by atoms with Crippen LogP contribution in [0.25, 0.3) is 11.1 Å². The molecule has 3 aliphatic rings. The molecule has 0 heterocycles. The Morgan fingerprint density at radius 3 is 2.41 bits per heavy atom. The molecule has 0 spiro atoms. The van der Waals surface area contributed by atoms with Crippen molar-refractivity contribution in [1.29, 1.82) is 0 Å². The van der Waals surface area contributed by atoms with Crippen molar-refractivity contribution in [2.75, 3.05) is 20.8 Å². The molecular formula is C28H32O6. The Kier molecular flexibility index (Phi) is 6.24. The van der Waals surface area contributed by atoms with Gasteiger partial charge in [0.25, 0.3) is 0 Å². The van der Waals surface area contributed by atoms with Gasteiger partial charge in [0.1, 0.15) is 12.2 Å². The van der Waals surface area contributed by atoms with Crippen LogP contribution in [-0.4, -0.2) is 38.2 Å². The molecule has 3 aliphatic carbocycles. The average molecular weight is 465 g/mol. The van der Waals surface area contributed by atoms with Gasteiger partial charge in [-0.05, 0) is 61.3 Å². The number of ketones is 1. The van der Waals surface area contributed by atoms with Crippen LogP contribution in [0, 0.1) is 5.92 Å². The van der Waals surface area contributed by atoms with E-state index in [1.54, 1.807) is 14.2 Å². The average Bonchev–Trinajstić information content (AvgIpc) is 3.21. The highest BCUT2D eigenvalue weighted by atomic mass is 16.6. The second-order valence-corrected chi connectivity index (χ2v) is 9.73. The largest absolute Gasteiger partial charge is 0.493 e. The second-order valence-electron chi connectivity index (χ2n) is 9.73. The second kappa shape index (κ2) is 9.32. The Labute approximate surface area is 200 Å². The van der Waals surface area contributed by atoms with E-state index in [0.29, 0.717) is 42.4 Å². The van der Waals surface area contributed by atoms with Gasteiger partial charge in [-0.1, -0.05) is 31.0 Å². The zero-order valence-corrected chi connectivity index (χ0v) is 20.0. The van der Waals surface area contributed by atoms with Crippen molar-refractivity contribution in [3.05, 3.63) is 41.5 Å². The molecule has 0 amide bonds. The predicted molar refractivity (Wildman–Crippen MR) is 128 cm³/mol. The summed E-state index contributed by atoms with van der Waals surface area (Å²) in [4.78, 5) is 24.9. The van der Waals surface area contributed by atoms with E-state index in [-0.39, 0.29) is 18.4 Å². The first-order valence-corrected chi connectivity index (χ1v) is 12.3. The number of esters is 1. The van der Waals surface area contributed by atoms with Crippen LogP contribution in [0.15, 0.2) is 30.3 Å². The van der Waals surface area contributed by atoms with Crippen LogP contribution in [0.4, 0.5) is 0 Å². The lowest BCUT2D eigenvalue weighted by Crippen LogP contribution is -2.28. The van der Waals surface area contributed by atoms with E-state index in [1.165, 1.54) is 12.8 Å². The number of hydrogen-bond donors (Lipinski definition) is 0. The molecule has 2 aromatic carbocycles. The number of methoxy groups -OCH3 is 2. The number of carbonyl (C=O) groups is 2. The predicted octanol–water partition coefficient (Wildman–Crippen LogP) is 5.53. The molecule has 0 aliphatic heterocycles. The van der Waals surface area contributed by atoms with Crippen molar-refractivity contribution in [3.63, 3.8) is 0 Å². The monoisotopic (exact) mass is 464 g/mol. The molecule has 0 N–H and O–H groups in total. The first-order chi connectivity index (χ1) is 16.5. The third-order valence-electron chi connectivity index (χ3n) is 7.42. The molecule has 0 bridgehead atoms. The summed E-state index contributed by atoms with van der Waals surface area (Å²) in [6.45, 7) is 0.258. The molecule has 0 radical (unpaired) electrons. The van der Waals surface area contributed by atoms with E-state index in [9.17, 15) is 9.59 Å². The molecule has 6 heteroatoms. The lowest BCUT2D eigenvalue weighted by molar-refractivity contribution is -0.154. The lowest BCUT2D eigenvalue weighted by Gasteiger charge is -2.22. The van der Waals surface area contributed by atoms with Gasteiger partial charge in [0.2, 0.25) is 5.75 Å². The Hall–Kier alpha value is -3.02. The number of benzene rings is 2. The molecule has 0 saturated heterocycles. The molecule has 6 nitrogen and oxygen atoms in total. The zero-order chi connectivity index (χ0) is 23.7. The Morgan fingerprint density at radius 1 is 0.941 bits per heavy atom. The SMILES string of the molecule is COc1ccc(-c2cccc3c2CCC3=O)c(OCC2(OC(=O)CC3CCCC3)CC2)c1OC. The van der Waals surface area contributed by atoms with Crippen LogP contribution >= 0.6 is 0 Å². The number of carbonyl (C=O) groups excluding carboxylic acids is 2. The first-order valence-electron chi connectivity index (χ1n) is 12.3. The number of rotatable bonds is 9. The fourth-order valence-electron chi connectivity index (χ4n) is 5.35. The van der Waals surface area contributed by atoms with E-state index >= 15 is 0 Å². The summed E-state index contributed by atoms with van der Waals surface area (Å²) in [7, 11) is 3.18. The van der Waals surface area contributed by atoms with Crippen molar-refractivity contribution < 1.29 is 28.5 Å². The summed E-state index contributed by atoms with van der Waals surface area (Å²) in [6, 6.07) is 9.61. The maximum atomic E-state index is 12.6. The van der Waals surface area contributed by atoms with Crippen molar-refractivity contribution >= 4 is 11.8 Å². The van der Waals surface area contributed by atoms with Gasteiger partial charge in [0, 0.05) is 24.0 Å². The van der Waals surface area contributed by atoms with Gasteiger partial charge in [0.05, 0.1) is 14.2 Å². The van der Waals surface area contributed by atoms with Crippen LogP contribution in [0.5, 0.6) is 17.2 Å². The van der Waals surface area contributed by atoms with Crippen LogP contribution in [0.2, 0.25) is 0 Å². The number of Topliss-reactive ketones (excluding diaryl/α,β-unsaturated/α-hetero) is 1. The molecule has 0 atom stereocenters. The van der Waals surface area contributed by atoms with Crippen LogP contribution in [0.3, 0.4) is 0 Å². The van der Waals surface area contributed by atoms with Crippen molar-refractivity contribution in [2.24, 2.45) is 5.92 Å². The minimum Gasteiger partial charge on any atom is -0.493 e. The third-order valence-corrected chi connectivity index (χ3v) is 7.42. The van der Waals surface area contributed by atoms with Gasteiger partial charge in [-0.3, -0.25) is 9.59 Å². The minimum absolute atomic E-state index is 0.120. The van der Waals surface area contributed by atoms with Crippen molar-refractivity contribution in [3.8, 4) is 28.4 Å². The van der Waals surface area contributed by atoms with E-state index in [4.69, 9.17) is 18.9 Å². The molecule has 34 heavy (non-hydrogen) atoms. The molecule has 2 saturated carbocycles. The van der Waals surface area contributed by atoms with Crippen LogP contribution in [-0.2, 0) is 16.0 Å². The van der Waals surface area contributed by atoms with Gasteiger partial charge in [0.15, 0.2) is 17.3 Å². The Morgan fingerprint density at radius 2 is 1.71 bits per heavy atom. The van der Waals surface area contributed by atoms with Gasteiger partial charge < -0.3 is 18.9 Å². The first kappa shape index (κ1) is 22.8. The smallest absolute Gasteiger partial charge is 0.306 e. The lowest BCUT2D eigenvalue weighted by atomic mass is 9.95. The third kappa shape index (κ3) is 4.38. The van der Waals surface area contributed by atoms with E-state index in [0.717, 1.165) is 47.9 Å². The molecule has 180 valence electrons. The summed E-state index contributed by atoms with van der Waals surface area (Å²) in [6.07, 6.45) is 7.97. The van der Waals surface area contributed by atoms with Gasteiger partial charge >= 0.3 is 5.97 Å². The fraction of sp³-hybridized carbons (Fsp3) is 0.500. The minimum atomic E-state index is -0.574. The molecule has 5 rings (SSSR count). The molecule has 2 aromatic rings. The summed E-state index contributed by atoms with van der Waals surface area (Å²) in [5.74, 6) is 2.11. The standard InChI is InChI=1S/C28H32O6/c1-31-24-13-11-22(19-8-5-9-21-20(19)10-12-23(21)29)26(27(24)32-2)33-17-28(14-15-28)34-25(30)16-18-6-3-4-7-18/h5,8-9,11,13,18H,3-4,6-7,10,12,14-17H2,1-2H3. The summed E-state index contributed by atoms with van der Waals surface area (Å²) < 4.78 is 23.5. The van der Waals surface area contributed by atoms with Crippen LogP contribution in [0.1, 0.15) is 67.3 Å². The summed E-state index contributed by atoms with van der Waals surface area (Å²) >= 11 is 0. The van der Waals surface area contributed by atoms with E-state index in [2.05, 4.69) is 0 Å². The van der Waals surface area contributed by atoms with Gasteiger partial charge in [-0.25, -0.2) is 0 Å². The molecular weight excluding hydrogens is 432 g/mol. The van der Waals surface area contributed by atoms with Crippen molar-refractivity contribution in [1.82, 2.24) is 0 Å². The topological polar surface area (TPSA) is 71.1 Å². The summed E-state index contributed by atoms with van der Waals surface area (Å²) in [5, 5.41) is 0. The van der Waals surface area contributed by atoms with E-state index in [1.807, 2.05) is 30.3 Å².